The summed E-state index contributed by atoms with van der Waals surface area (Å²) in [6, 6.07) is 1.78. The second-order valence-electron chi connectivity index (χ2n) is 4.23. The maximum Gasteiger partial charge on any atom is 0.373 e. The lowest BCUT2D eigenvalue weighted by Crippen LogP contribution is -1.98. The number of hydrogen-bond donors (Lipinski definition) is 0. The van der Waals surface area contributed by atoms with Crippen LogP contribution in [0.2, 0.25) is 0 Å². The van der Waals surface area contributed by atoms with Gasteiger partial charge in [-0.05, 0) is 17.5 Å². The van der Waals surface area contributed by atoms with Crippen molar-refractivity contribution in [2.24, 2.45) is 0 Å². The average Bonchev–Trinajstić information content (AvgIpc) is 2.61. The van der Waals surface area contributed by atoms with Crippen molar-refractivity contribution in [1.29, 1.82) is 0 Å². The lowest BCUT2D eigenvalue weighted by atomic mass is 9.98. The van der Waals surface area contributed by atoms with Crippen LogP contribution in [0.15, 0.2) is 10.5 Å². The van der Waals surface area contributed by atoms with Crippen LogP contribution in [0.5, 0.6) is 0 Å². The summed E-state index contributed by atoms with van der Waals surface area (Å²) in [7, 11) is 1.36. The number of rotatable bonds is 3. The van der Waals surface area contributed by atoms with Crippen LogP contribution in [0.3, 0.4) is 0 Å². The third-order valence-electron chi connectivity index (χ3n) is 2.32. The highest BCUT2D eigenvalue weighted by Crippen LogP contribution is 2.29. The number of carbonyl (C=O) groups excluding carboxylic acids is 1. The Morgan fingerprint density at radius 3 is 2.20 bits per heavy atom. The molecule has 0 N–H and O–H groups in total. The molecule has 0 atom stereocenters. The molecule has 0 radical (unpaired) electrons. The molecule has 1 aromatic heterocycles. The summed E-state index contributed by atoms with van der Waals surface area (Å²) < 4.78 is 10.1. The molecular weight excluding hydrogens is 192 g/mol. The monoisotopic (exact) mass is 210 g/mol. The predicted molar refractivity (Wildman–Crippen MR) is 58.2 cm³/mol. The Balaban J connectivity index is 3.15. The largest absolute Gasteiger partial charge is 0.463 e. The van der Waals surface area contributed by atoms with Gasteiger partial charge in [-0.2, -0.15) is 0 Å². The van der Waals surface area contributed by atoms with Gasteiger partial charge in [0.25, 0.3) is 0 Å². The van der Waals surface area contributed by atoms with Crippen molar-refractivity contribution in [3.63, 3.8) is 0 Å². The van der Waals surface area contributed by atoms with E-state index in [1.165, 1.54) is 7.11 Å². The van der Waals surface area contributed by atoms with E-state index in [4.69, 9.17) is 4.42 Å². The summed E-state index contributed by atoms with van der Waals surface area (Å²) in [6.07, 6.45) is 0. The summed E-state index contributed by atoms with van der Waals surface area (Å²) >= 11 is 0. The first-order chi connectivity index (χ1) is 6.97. The Hall–Kier alpha value is -1.25. The van der Waals surface area contributed by atoms with Crippen LogP contribution in [0.1, 0.15) is 61.4 Å². The topological polar surface area (TPSA) is 39.4 Å². The second kappa shape index (κ2) is 4.51. The standard InChI is InChI=1S/C12H18O3/c1-7(2)9-6-10(12(13)14-5)15-11(9)8(3)4/h6-8H,1-5H3. The summed E-state index contributed by atoms with van der Waals surface area (Å²) in [6.45, 7) is 8.26. The number of carbonyl (C=O) groups is 1. The lowest BCUT2D eigenvalue weighted by Gasteiger charge is -2.07. The van der Waals surface area contributed by atoms with Crippen molar-refractivity contribution in [1.82, 2.24) is 0 Å². The van der Waals surface area contributed by atoms with Gasteiger partial charge in [0.1, 0.15) is 5.76 Å². The van der Waals surface area contributed by atoms with E-state index in [0.717, 1.165) is 11.3 Å². The molecule has 0 unspecified atom stereocenters. The van der Waals surface area contributed by atoms with Crippen molar-refractivity contribution in [3.05, 3.63) is 23.2 Å². The predicted octanol–water partition coefficient (Wildman–Crippen LogP) is 3.31. The Kier molecular flexibility index (Phi) is 3.56. The van der Waals surface area contributed by atoms with E-state index in [-0.39, 0.29) is 5.92 Å². The Labute approximate surface area is 90.4 Å². The molecule has 0 aliphatic rings. The van der Waals surface area contributed by atoms with Crippen molar-refractivity contribution < 1.29 is 13.9 Å². The normalized spacial score (nSPS) is 11.1. The molecule has 15 heavy (non-hydrogen) atoms. The zero-order valence-electron chi connectivity index (χ0n) is 9.96. The van der Waals surface area contributed by atoms with Crippen LogP contribution in [-0.2, 0) is 4.74 Å². The molecule has 0 aliphatic heterocycles. The Morgan fingerprint density at radius 2 is 1.87 bits per heavy atom. The van der Waals surface area contributed by atoms with Crippen LogP contribution < -0.4 is 0 Å². The van der Waals surface area contributed by atoms with Crippen LogP contribution >= 0.6 is 0 Å². The number of hydrogen-bond acceptors (Lipinski definition) is 3. The fourth-order valence-electron chi connectivity index (χ4n) is 1.52. The van der Waals surface area contributed by atoms with E-state index < -0.39 is 5.97 Å². The van der Waals surface area contributed by atoms with Crippen LogP contribution in [0.25, 0.3) is 0 Å². The highest BCUT2D eigenvalue weighted by Gasteiger charge is 2.20. The molecule has 0 spiro atoms. The SMILES string of the molecule is COC(=O)c1cc(C(C)C)c(C(C)C)o1. The first kappa shape index (κ1) is 11.8. The molecule has 3 heteroatoms. The molecule has 0 saturated heterocycles. The van der Waals surface area contributed by atoms with Crippen LogP contribution in [0.4, 0.5) is 0 Å². The average molecular weight is 210 g/mol. The number of furan rings is 1. The maximum absolute atomic E-state index is 11.3. The third-order valence-corrected chi connectivity index (χ3v) is 2.32. The minimum atomic E-state index is -0.413. The zero-order chi connectivity index (χ0) is 11.6. The molecular formula is C12H18O3. The smallest absolute Gasteiger partial charge is 0.373 e. The molecule has 84 valence electrons. The molecule has 3 nitrogen and oxygen atoms in total. The van der Waals surface area contributed by atoms with Crippen molar-refractivity contribution in [2.75, 3.05) is 7.11 Å². The maximum atomic E-state index is 11.3. The van der Waals surface area contributed by atoms with Gasteiger partial charge in [-0.25, -0.2) is 4.79 Å². The minimum absolute atomic E-state index is 0.279. The molecule has 0 aromatic carbocycles. The van der Waals surface area contributed by atoms with E-state index in [2.05, 4.69) is 18.6 Å². The molecule has 0 saturated carbocycles. The van der Waals surface area contributed by atoms with Gasteiger partial charge in [0.15, 0.2) is 0 Å². The highest BCUT2D eigenvalue weighted by atomic mass is 16.5. The first-order valence-corrected chi connectivity index (χ1v) is 5.19. The highest BCUT2D eigenvalue weighted by molar-refractivity contribution is 5.86. The molecule has 0 aliphatic carbocycles. The van der Waals surface area contributed by atoms with Crippen LogP contribution in [0, 0.1) is 0 Å². The van der Waals surface area contributed by atoms with Gasteiger partial charge in [0.2, 0.25) is 5.76 Å². The number of methoxy groups -OCH3 is 1. The van der Waals surface area contributed by atoms with Gasteiger partial charge in [-0.1, -0.05) is 27.7 Å². The second-order valence-corrected chi connectivity index (χ2v) is 4.23. The van der Waals surface area contributed by atoms with E-state index >= 15 is 0 Å². The molecule has 0 amide bonds. The van der Waals surface area contributed by atoms with Gasteiger partial charge in [0, 0.05) is 5.92 Å². The number of ether oxygens (including phenoxy) is 1. The van der Waals surface area contributed by atoms with Gasteiger partial charge >= 0.3 is 5.97 Å². The van der Waals surface area contributed by atoms with Gasteiger partial charge in [-0.3, -0.25) is 0 Å². The Morgan fingerprint density at radius 1 is 1.27 bits per heavy atom. The summed E-state index contributed by atoms with van der Waals surface area (Å²) in [4.78, 5) is 11.3. The zero-order valence-corrected chi connectivity index (χ0v) is 9.96. The van der Waals surface area contributed by atoms with Crippen molar-refractivity contribution >= 4 is 5.97 Å². The molecule has 1 aromatic rings. The summed E-state index contributed by atoms with van der Waals surface area (Å²) in [5.74, 6) is 1.39. The first-order valence-electron chi connectivity index (χ1n) is 5.19. The van der Waals surface area contributed by atoms with E-state index in [9.17, 15) is 4.79 Å². The molecule has 0 bridgehead atoms. The summed E-state index contributed by atoms with van der Waals surface area (Å²) in [5, 5.41) is 0. The minimum Gasteiger partial charge on any atom is -0.463 e. The Bertz CT molecular complexity index is 322. The van der Waals surface area contributed by atoms with E-state index in [0.29, 0.717) is 11.7 Å². The third kappa shape index (κ3) is 2.41. The fourth-order valence-corrected chi connectivity index (χ4v) is 1.52. The molecule has 1 rings (SSSR count). The van der Waals surface area contributed by atoms with E-state index in [1.54, 1.807) is 6.07 Å². The van der Waals surface area contributed by atoms with Gasteiger partial charge in [-0.15, -0.1) is 0 Å². The quantitative estimate of drug-likeness (QED) is 0.718. The number of esters is 1. The van der Waals surface area contributed by atoms with Crippen molar-refractivity contribution in [3.8, 4) is 0 Å². The molecule has 1 heterocycles. The lowest BCUT2D eigenvalue weighted by molar-refractivity contribution is 0.0562. The van der Waals surface area contributed by atoms with Gasteiger partial charge < -0.3 is 9.15 Å². The summed E-state index contributed by atoms with van der Waals surface area (Å²) in [5.41, 5.74) is 1.09. The molecule has 0 fully saturated rings. The van der Waals surface area contributed by atoms with Gasteiger partial charge in [0.05, 0.1) is 7.11 Å². The van der Waals surface area contributed by atoms with Crippen LogP contribution in [-0.4, -0.2) is 13.1 Å². The fraction of sp³-hybridized carbons (Fsp3) is 0.583. The van der Waals surface area contributed by atoms with Crippen molar-refractivity contribution in [2.45, 2.75) is 39.5 Å². The van der Waals surface area contributed by atoms with E-state index in [1.807, 2.05) is 13.8 Å².